The van der Waals surface area contributed by atoms with E-state index in [2.05, 4.69) is 4.36 Å². The van der Waals surface area contributed by atoms with Gasteiger partial charge in [-0.1, -0.05) is 35.9 Å². The van der Waals surface area contributed by atoms with Gasteiger partial charge in [0.15, 0.2) is 0 Å². The Morgan fingerprint density at radius 2 is 2.00 bits per heavy atom. The third-order valence-corrected chi connectivity index (χ3v) is 5.92. The highest BCUT2D eigenvalue weighted by Gasteiger charge is 2.26. The minimum atomic E-state index is -2.86. The second kappa shape index (κ2) is 6.98. The summed E-state index contributed by atoms with van der Waals surface area (Å²) in [4.78, 5) is 26.4. The van der Waals surface area contributed by atoms with E-state index in [0.717, 1.165) is 5.56 Å². The largest absolute Gasteiger partial charge is 0.334 e. The summed E-state index contributed by atoms with van der Waals surface area (Å²) in [6.07, 6.45) is 1.44. The Morgan fingerprint density at radius 1 is 1.24 bits per heavy atom. The lowest BCUT2D eigenvalue weighted by atomic mass is 10.1. The van der Waals surface area contributed by atoms with Crippen molar-refractivity contribution in [2.45, 2.75) is 17.9 Å². The van der Waals surface area contributed by atoms with Crippen LogP contribution in [0, 0.1) is 0 Å². The molecule has 1 aliphatic heterocycles. The van der Waals surface area contributed by atoms with Gasteiger partial charge >= 0.3 is 0 Å². The van der Waals surface area contributed by atoms with Crippen molar-refractivity contribution in [1.29, 1.82) is 0 Å². The molecule has 2 aromatic carbocycles. The number of benzene rings is 2. The van der Waals surface area contributed by atoms with Crippen LogP contribution in [0.25, 0.3) is 0 Å². The lowest BCUT2D eigenvalue weighted by Gasteiger charge is -2.14. The first-order chi connectivity index (χ1) is 11.9. The third kappa shape index (κ3) is 3.91. The van der Waals surface area contributed by atoms with Gasteiger partial charge in [-0.15, -0.1) is 0 Å². The second-order valence-corrected chi connectivity index (χ2v) is 8.57. The van der Waals surface area contributed by atoms with Crippen LogP contribution in [0.5, 0.6) is 0 Å². The molecule has 0 fully saturated rings. The van der Waals surface area contributed by atoms with E-state index in [0.29, 0.717) is 22.0 Å². The maximum absolute atomic E-state index is 12.7. The predicted molar refractivity (Wildman–Crippen MR) is 97.0 cm³/mol. The molecule has 5 nitrogen and oxygen atoms in total. The molecule has 2 amide bonds. The van der Waals surface area contributed by atoms with E-state index in [9.17, 15) is 13.8 Å². The molecule has 1 aliphatic rings. The fourth-order valence-electron chi connectivity index (χ4n) is 2.72. The smallest absolute Gasteiger partial charge is 0.255 e. The molecule has 130 valence electrons. The number of halogens is 1. The van der Waals surface area contributed by atoms with E-state index in [1.807, 2.05) is 18.2 Å². The first-order valence-electron chi connectivity index (χ1n) is 7.74. The summed E-state index contributed by atoms with van der Waals surface area (Å²) < 4.78 is 16.5. The van der Waals surface area contributed by atoms with Crippen LogP contribution in [0.15, 0.2) is 57.8 Å². The van der Waals surface area contributed by atoms with Gasteiger partial charge in [0.1, 0.15) is 0 Å². The molecule has 0 aromatic heterocycles. The number of carbonyl (C=O) groups excluding carboxylic acids is 2. The Hall–Kier alpha value is -2.18. The Balaban J connectivity index is 1.68. The Morgan fingerprint density at radius 3 is 2.72 bits per heavy atom. The van der Waals surface area contributed by atoms with E-state index in [1.165, 1.54) is 6.26 Å². The zero-order valence-corrected chi connectivity index (χ0v) is 15.2. The van der Waals surface area contributed by atoms with Gasteiger partial charge in [-0.3, -0.25) is 9.59 Å². The lowest BCUT2D eigenvalue weighted by Crippen LogP contribution is -2.26. The molecule has 2 aromatic rings. The first-order valence-corrected chi connectivity index (χ1v) is 10.0. The molecule has 1 heterocycles. The predicted octanol–water partition coefficient (Wildman–Crippen LogP) is 3.37. The number of amides is 2. The van der Waals surface area contributed by atoms with Gasteiger partial charge in [-0.2, -0.15) is 4.36 Å². The Labute approximate surface area is 151 Å². The van der Waals surface area contributed by atoms with Crippen molar-refractivity contribution in [2.75, 3.05) is 12.8 Å². The number of hydrogen-bond acceptors (Lipinski definition) is 3. The maximum atomic E-state index is 12.7. The van der Waals surface area contributed by atoms with Gasteiger partial charge in [0.2, 0.25) is 0 Å². The molecule has 1 atom stereocenters. The van der Waals surface area contributed by atoms with Crippen molar-refractivity contribution < 1.29 is 13.8 Å². The van der Waals surface area contributed by atoms with Crippen molar-refractivity contribution in [2.24, 2.45) is 4.36 Å². The van der Waals surface area contributed by atoms with Gasteiger partial charge in [0.25, 0.3) is 11.8 Å². The molecule has 0 bridgehead atoms. The molecular formula is C18H17ClN2O3S. The molecule has 25 heavy (non-hydrogen) atoms. The summed E-state index contributed by atoms with van der Waals surface area (Å²) in [7, 11) is -2.86. The quantitative estimate of drug-likeness (QED) is 0.821. The van der Waals surface area contributed by atoms with Crippen molar-refractivity contribution in [1.82, 2.24) is 4.90 Å². The van der Waals surface area contributed by atoms with E-state index >= 15 is 0 Å². The topological polar surface area (TPSA) is 66.8 Å². The van der Waals surface area contributed by atoms with E-state index in [-0.39, 0.29) is 18.9 Å². The average molecular weight is 377 g/mol. The van der Waals surface area contributed by atoms with Gasteiger partial charge in [0.05, 0.1) is 9.73 Å². The molecule has 0 radical (unpaired) electrons. The van der Waals surface area contributed by atoms with Crippen LogP contribution in [-0.2, 0) is 21.1 Å². The monoisotopic (exact) mass is 376 g/mol. The van der Waals surface area contributed by atoms with Crippen LogP contribution in [0.3, 0.4) is 0 Å². The van der Waals surface area contributed by atoms with E-state index in [4.69, 9.17) is 11.6 Å². The van der Waals surface area contributed by atoms with Crippen LogP contribution in [0.4, 0.5) is 0 Å². The number of rotatable bonds is 4. The Bertz CT molecular complexity index is 964. The zero-order valence-electron chi connectivity index (χ0n) is 13.6. The SMILES string of the molecule is CS(=O)(=NC(=O)CCN1Cc2ccccc2C1=O)c1cccc(Cl)c1. The van der Waals surface area contributed by atoms with Crippen LogP contribution < -0.4 is 0 Å². The molecule has 0 N–H and O–H groups in total. The highest BCUT2D eigenvalue weighted by molar-refractivity contribution is 7.93. The minimum absolute atomic E-state index is 0.0329. The van der Waals surface area contributed by atoms with Gasteiger partial charge in [-0.05, 0) is 29.8 Å². The van der Waals surface area contributed by atoms with Crippen molar-refractivity contribution in [3.05, 3.63) is 64.7 Å². The van der Waals surface area contributed by atoms with Crippen LogP contribution >= 0.6 is 11.6 Å². The zero-order chi connectivity index (χ0) is 18.0. The summed E-state index contributed by atoms with van der Waals surface area (Å²) in [5, 5.41) is 0.440. The minimum Gasteiger partial charge on any atom is -0.334 e. The highest BCUT2D eigenvalue weighted by atomic mass is 35.5. The summed E-state index contributed by atoms with van der Waals surface area (Å²) in [5.74, 6) is -0.577. The van der Waals surface area contributed by atoms with Crippen molar-refractivity contribution >= 4 is 33.1 Å². The number of nitrogens with zero attached hydrogens (tertiary/aromatic N) is 2. The molecule has 0 saturated heterocycles. The summed E-state index contributed by atoms with van der Waals surface area (Å²) in [5.41, 5.74) is 1.63. The molecule has 0 spiro atoms. The molecule has 0 saturated carbocycles. The van der Waals surface area contributed by atoms with E-state index in [1.54, 1.807) is 35.2 Å². The lowest BCUT2D eigenvalue weighted by molar-refractivity contribution is -0.117. The fourth-order valence-corrected chi connectivity index (χ4v) is 4.24. The summed E-state index contributed by atoms with van der Waals surface area (Å²) >= 11 is 5.90. The second-order valence-electron chi connectivity index (χ2n) is 5.88. The average Bonchev–Trinajstić information content (AvgIpc) is 2.89. The molecular weight excluding hydrogens is 360 g/mol. The number of fused-ring (bicyclic) bond motifs is 1. The van der Waals surface area contributed by atoms with Crippen LogP contribution in [0.2, 0.25) is 5.02 Å². The molecule has 7 heteroatoms. The van der Waals surface area contributed by atoms with Crippen molar-refractivity contribution in [3.63, 3.8) is 0 Å². The fraction of sp³-hybridized carbons (Fsp3) is 0.222. The number of hydrogen-bond donors (Lipinski definition) is 0. The normalized spacial score (nSPS) is 15.6. The van der Waals surface area contributed by atoms with Crippen LogP contribution in [0.1, 0.15) is 22.3 Å². The van der Waals surface area contributed by atoms with Gasteiger partial charge in [-0.25, -0.2) is 4.21 Å². The third-order valence-electron chi connectivity index (χ3n) is 4.00. The molecule has 1 unspecified atom stereocenters. The van der Waals surface area contributed by atoms with Gasteiger partial charge in [0, 0.05) is 41.2 Å². The molecule has 0 aliphatic carbocycles. The number of carbonyl (C=O) groups is 2. The van der Waals surface area contributed by atoms with Gasteiger partial charge < -0.3 is 4.90 Å². The standard InChI is InChI=1S/C18H17ClN2O3S/c1-25(24,15-7-4-6-14(19)11-15)20-17(22)9-10-21-12-13-5-2-3-8-16(13)18(21)23/h2-8,11H,9-10,12H2,1H3. The molecule has 3 rings (SSSR count). The summed E-state index contributed by atoms with van der Waals surface area (Å²) in [6.45, 7) is 0.735. The van der Waals surface area contributed by atoms with Crippen LogP contribution in [-0.4, -0.2) is 33.7 Å². The summed E-state index contributed by atoms with van der Waals surface area (Å²) in [6, 6.07) is 13.9. The Kier molecular flexibility index (Phi) is 4.92. The van der Waals surface area contributed by atoms with E-state index < -0.39 is 15.6 Å². The van der Waals surface area contributed by atoms with Crippen molar-refractivity contribution in [3.8, 4) is 0 Å². The highest BCUT2D eigenvalue weighted by Crippen LogP contribution is 2.22. The maximum Gasteiger partial charge on any atom is 0.255 e. The first kappa shape index (κ1) is 17.6.